The van der Waals surface area contributed by atoms with Gasteiger partial charge in [0, 0.05) is 33.3 Å². The Morgan fingerprint density at radius 2 is 0.579 bits per heavy atom. The van der Waals surface area contributed by atoms with Gasteiger partial charge in [0.25, 0.3) is 0 Å². The van der Waals surface area contributed by atoms with Crippen molar-refractivity contribution in [2.24, 2.45) is 0 Å². The molecule has 12 aromatic rings. The van der Waals surface area contributed by atoms with Crippen LogP contribution in [0.4, 0.5) is 34.1 Å². The maximum Gasteiger partial charge on any atom is 0.0575 e. The first-order valence-corrected chi connectivity index (χ1v) is 27.1. The molecule has 12 aromatic carbocycles. The van der Waals surface area contributed by atoms with Crippen LogP contribution in [0, 0.1) is 27.7 Å². The molecule has 0 aliphatic heterocycles. The van der Waals surface area contributed by atoms with Crippen LogP contribution in [0.5, 0.6) is 0 Å². The highest BCUT2D eigenvalue weighted by molar-refractivity contribution is 6.30. The molecule has 0 atom stereocenters. The van der Waals surface area contributed by atoms with Crippen molar-refractivity contribution < 1.29 is 0 Å². The van der Waals surface area contributed by atoms with E-state index in [0.29, 0.717) is 0 Å². The molecular formula is C74H64N2. The van der Waals surface area contributed by atoms with Gasteiger partial charge in [-0.1, -0.05) is 233 Å². The summed E-state index contributed by atoms with van der Waals surface area (Å²) in [6.07, 6.45) is 0. The highest BCUT2D eigenvalue weighted by Gasteiger charge is 2.30. The molecule has 0 spiro atoms. The highest BCUT2D eigenvalue weighted by Crippen LogP contribution is 2.55. The Bertz CT molecular complexity index is 3780. The van der Waals surface area contributed by atoms with Gasteiger partial charge in [-0.25, -0.2) is 0 Å². The maximum atomic E-state index is 2.59. The normalized spacial score (nSPS) is 11.7. The fraction of sp³-hybridized carbons (Fsp3) is 0.135. The van der Waals surface area contributed by atoms with Crippen LogP contribution in [0.2, 0.25) is 0 Å². The second-order valence-corrected chi connectivity index (χ2v) is 21.4. The predicted octanol–water partition coefficient (Wildman–Crippen LogP) is 21.7. The van der Waals surface area contributed by atoms with E-state index in [2.05, 4.69) is 296 Å². The molecule has 0 aliphatic rings. The van der Waals surface area contributed by atoms with Gasteiger partial charge in [0.05, 0.1) is 22.7 Å². The van der Waals surface area contributed by atoms with Gasteiger partial charge >= 0.3 is 0 Å². The van der Waals surface area contributed by atoms with Crippen molar-refractivity contribution >= 4 is 66.4 Å². The zero-order valence-electron chi connectivity index (χ0n) is 45.0. The van der Waals surface area contributed by atoms with Crippen molar-refractivity contribution in [2.75, 3.05) is 9.80 Å². The SMILES string of the molecule is Cc1ccc(N(c2c(-c3ccccc3)ccc(-c3ccccc3)c2C)c2cc(C(C)C)c3ccc4c(N(c5ccc(C)cc5)c5c(-c6ccccc6)ccc(-c6ccccc6)c5C)cc(C(C)C)c5ccc2c3c54)cc1. The van der Waals surface area contributed by atoms with Gasteiger partial charge in [-0.3, -0.25) is 0 Å². The monoisotopic (exact) mass is 981 g/mol. The average Bonchev–Trinajstić information content (AvgIpc) is 3.61. The minimum atomic E-state index is 0.235. The molecule has 12 rings (SSSR count). The van der Waals surface area contributed by atoms with E-state index in [-0.39, 0.29) is 11.8 Å². The molecule has 2 heteroatoms. The lowest BCUT2D eigenvalue weighted by atomic mass is 9.83. The van der Waals surface area contributed by atoms with Crippen molar-refractivity contribution in [1.82, 2.24) is 0 Å². The molecule has 0 saturated carbocycles. The highest BCUT2D eigenvalue weighted by atomic mass is 15.2. The van der Waals surface area contributed by atoms with E-state index >= 15 is 0 Å². The second-order valence-electron chi connectivity index (χ2n) is 21.4. The summed E-state index contributed by atoms with van der Waals surface area (Å²) in [4.78, 5) is 5.18. The standard InChI is InChI=1S/C74H64N2/c1-47(2)67-45-69(75(57-33-29-49(5)30-34-57)73-51(7)59(53-21-13-9-14-22-53)37-39-61(73)55-25-17-11-18-26-55)65-44-42-64-68(48(3)4)46-70(66-43-41-63(67)71(65)72(64)66)76(58-35-31-50(6)32-36-58)74-52(8)60(54-23-15-10-16-24-54)38-40-62(74)56-27-19-12-20-28-56/h9-48H,1-8H3. The Balaban J connectivity index is 1.22. The van der Waals surface area contributed by atoms with Gasteiger partial charge in [0.15, 0.2) is 0 Å². The number of anilines is 6. The summed E-state index contributed by atoms with van der Waals surface area (Å²) < 4.78 is 0. The Labute approximate surface area is 449 Å². The van der Waals surface area contributed by atoms with Crippen molar-refractivity contribution in [1.29, 1.82) is 0 Å². The summed E-state index contributed by atoms with van der Waals surface area (Å²) in [5.41, 5.74) is 24.1. The summed E-state index contributed by atoms with van der Waals surface area (Å²) in [5.74, 6) is 0.469. The number of nitrogens with zero attached hydrogens (tertiary/aromatic N) is 2. The van der Waals surface area contributed by atoms with Crippen molar-refractivity contribution in [3.05, 3.63) is 264 Å². The van der Waals surface area contributed by atoms with Crippen LogP contribution in [0.15, 0.2) is 231 Å². The molecule has 76 heavy (non-hydrogen) atoms. The van der Waals surface area contributed by atoms with Gasteiger partial charge in [-0.15, -0.1) is 0 Å². The summed E-state index contributed by atoms with van der Waals surface area (Å²) in [5, 5.41) is 7.66. The first-order valence-electron chi connectivity index (χ1n) is 27.1. The van der Waals surface area contributed by atoms with Gasteiger partial charge in [-0.05, 0) is 153 Å². The molecule has 0 aliphatic carbocycles. The lowest BCUT2D eigenvalue weighted by molar-refractivity contribution is 0.875. The quantitative estimate of drug-likeness (QED) is 0.113. The molecule has 0 saturated heterocycles. The molecule has 0 radical (unpaired) electrons. The molecule has 0 amide bonds. The molecule has 0 unspecified atom stereocenters. The van der Waals surface area contributed by atoms with E-state index < -0.39 is 0 Å². The molecule has 370 valence electrons. The predicted molar refractivity (Wildman–Crippen MR) is 328 cm³/mol. The zero-order chi connectivity index (χ0) is 52.2. The fourth-order valence-electron chi connectivity index (χ4n) is 12.0. The first kappa shape index (κ1) is 48.2. The van der Waals surface area contributed by atoms with Crippen LogP contribution in [-0.2, 0) is 0 Å². The third kappa shape index (κ3) is 8.39. The van der Waals surface area contributed by atoms with E-state index in [9.17, 15) is 0 Å². The molecule has 0 fully saturated rings. The van der Waals surface area contributed by atoms with Crippen LogP contribution in [-0.4, -0.2) is 0 Å². The number of hydrogen-bond acceptors (Lipinski definition) is 2. The van der Waals surface area contributed by atoms with E-state index in [1.807, 2.05) is 0 Å². The van der Waals surface area contributed by atoms with Crippen LogP contribution in [0.3, 0.4) is 0 Å². The molecule has 0 bridgehead atoms. The Morgan fingerprint density at radius 1 is 0.289 bits per heavy atom. The number of benzene rings is 12. The third-order valence-electron chi connectivity index (χ3n) is 15.9. The van der Waals surface area contributed by atoms with E-state index in [4.69, 9.17) is 0 Å². The van der Waals surface area contributed by atoms with Crippen LogP contribution >= 0.6 is 0 Å². The Hall–Kier alpha value is -8.72. The lowest BCUT2D eigenvalue weighted by Crippen LogP contribution is -2.16. The largest absolute Gasteiger partial charge is 0.309 e. The van der Waals surface area contributed by atoms with Gasteiger partial charge in [-0.2, -0.15) is 0 Å². The van der Waals surface area contributed by atoms with Crippen molar-refractivity contribution in [3.8, 4) is 44.5 Å². The minimum Gasteiger partial charge on any atom is -0.309 e. The summed E-state index contributed by atoms with van der Waals surface area (Å²) in [6, 6.07) is 86.1. The van der Waals surface area contributed by atoms with Gasteiger partial charge in [0.2, 0.25) is 0 Å². The third-order valence-corrected chi connectivity index (χ3v) is 15.9. The van der Waals surface area contributed by atoms with Crippen LogP contribution in [0.1, 0.15) is 72.9 Å². The van der Waals surface area contributed by atoms with Crippen LogP contribution in [0.25, 0.3) is 76.8 Å². The first-order chi connectivity index (χ1) is 37.0. The average molecular weight is 981 g/mol. The topological polar surface area (TPSA) is 6.48 Å². The fourth-order valence-corrected chi connectivity index (χ4v) is 12.0. The van der Waals surface area contributed by atoms with E-state index in [1.54, 1.807) is 0 Å². The number of rotatable bonds is 12. The number of aryl methyl sites for hydroxylation is 2. The number of hydrogen-bond donors (Lipinski definition) is 0. The van der Waals surface area contributed by atoms with Crippen molar-refractivity contribution in [2.45, 2.75) is 67.2 Å². The molecular weight excluding hydrogens is 917 g/mol. The van der Waals surface area contributed by atoms with Crippen LogP contribution < -0.4 is 9.80 Å². The van der Waals surface area contributed by atoms with Gasteiger partial charge in [0.1, 0.15) is 0 Å². The lowest BCUT2D eigenvalue weighted by Gasteiger charge is -2.34. The zero-order valence-corrected chi connectivity index (χ0v) is 45.0. The molecule has 0 N–H and O–H groups in total. The maximum absolute atomic E-state index is 2.59. The Morgan fingerprint density at radius 3 is 0.895 bits per heavy atom. The summed E-state index contributed by atoms with van der Waals surface area (Å²) in [7, 11) is 0. The second kappa shape index (κ2) is 19.9. The van der Waals surface area contributed by atoms with Crippen molar-refractivity contribution in [3.63, 3.8) is 0 Å². The Kier molecular flexibility index (Phi) is 12.6. The molecule has 0 heterocycles. The smallest absolute Gasteiger partial charge is 0.0575 e. The van der Waals surface area contributed by atoms with Gasteiger partial charge < -0.3 is 9.80 Å². The van der Waals surface area contributed by atoms with E-state index in [0.717, 1.165) is 11.4 Å². The molecule has 2 nitrogen and oxygen atoms in total. The minimum absolute atomic E-state index is 0.235. The molecule has 0 aromatic heterocycles. The summed E-state index contributed by atoms with van der Waals surface area (Å²) in [6.45, 7) is 18.5. The summed E-state index contributed by atoms with van der Waals surface area (Å²) >= 11 is 0. The van der Waals surface area contributed by atoms with E-state index in [1.165, 1.54) is 133 Å².